The van der Waals surface area contributed by atoms with Crippen LogP contribution in [-0.4, -0.2) is 30.2 Å². The number of carboxylic acid groups (broad SMARTS) is 1. The average Bonchev–Trinajstić information content (AvgIpc) is 2.48. The molecule has 0 spiro atoms. The predicted octanol–water partition coefficient (Wildman–Crippen LogP) is 1.67. The Bertz CT molecular complexity index is 525. The second kappa shape index (κ2) is 6.22. The van der Waals surface area contributed by atoms with Gasteiger partial charge in [-0.05, 0) is 37.5 Å². The Morgan fingerprint density at radius 3 is 2.38 bits per heavy atom. The molecule has 1 aliphatic heterocycles. The standard InChI is InChI=1S/C15H18FNO4/c1-15(14(19)20,11-2-4-12(16)5-3-11)17-13(18)10-6-8-21-9-7-10/h2-5,10H,6-9H2,1H3,(H,17,18)(H,19,20). The third-order valence-electron chi connectivity index (χ3n) is 3.81. The maximum absolute atomic E-state index is 13.0. The summed E-state index contributed by atoms with van der Waals surface area (Å²) in [7, 11) is 0. The van der Waals surface area contributed by atoms with E-state index in [1.165, 1.54) is 31.2 Å². The number of halogens is 1. The quantitative estimate of drug-likeness (QED) is 0.886. The van der Waals surface area contributed by atoms with Gasteiger partial charge in [-0.2, -0.15) is 0 Å². The lowest BCUT2D eigenvalue weighted by molar-refractivity contribution is -0.148. The van der Waals surface area contributed by atoms with Crippen LogP contribution in [0.1, 0.15) is 25.3 Å². The monoisotopic (exact) mass is 295 g/mol. The molecule has 5 nitrogen and oxygen atoms in total. The predicted molar refractivity (Wildman–Crippen MR) is 73.1 cm³/mol. The van der Waals surface area contributed by atoms with Crippen LogP contribution in [0, 0.1) is 11.7 Å². The molecule has 0 aliphatic carbocycles. The van der Waals surface area contributed by atoms with E-state index in [9.17, 15) is 19.1 Å². The van der Waals surface area contributed by atoms with Gasteiger partial charge in [0.1, 0.15) is 5.82 Å². The fraction of sp³-hybridized carbons (Fsp3) is 0.467. The van der Waals surface area contributed by atoms with Crippen LogP contribution in [0.15, 0.2) is 24.3 Å². The molecular weight excluding hydrogens is 277 g/mol. The van der Waals surface area contributed by atoms with Gasteiger partial charge in [0.05, 0.1) is 0 Å². The molecule has 6 heteroatoms. The number of rotatable bonds is 4. The van der Waals surface area contributed by atoms with E-state index in [0.717, 1.165) is 0 Å². The third kappa shape index (κ3) is 3.39. The number of hydrogen-bond donors (Lipinski definition) is 2. The van der Waals surface area contributed by atoms with Gasteiger partial charge in [-0.15, -0.1) is 0 Å². The van der Waals surface area contributed by atoms with Crippen LogP contribution >= 0.6 is 0 Å². The van der Waals surface area contributed by atoms with E-state index in [1.807, 2.05) is 0 Å². The summed E-state index contributed by atoms with van der Waals surface area (Å²) in [4.78, 5) is 23.8. The van der Waals surface area contributed by atoms with Gasteiger partial charge in [-0.3, -0.25) is 4.79 Å². The largest absolute Gasteiger partial charge is 0.479 e. The van der Waals surface area contributed by atoms with Crippen molar-refractivity contribution in [2.75, 3.05) is 13.2 Å². The first kappa shape index (κ1) is 15.4. The molecule has 2 N–H and O–H groups in total. The number of ether oxygens (including phenoxy) is 1. The molecule has 1 amide bonds. The Morgan fingerprint density at radius 2 is 1.86 bits per heavy atom. The van der Waals surface area contributed by atoms with E-state index in [0.29, 0.717) is 31.6 Å². The van der Waals surface area contributed by atoms with Crippen LogP contribution in [-0.2, 0) is 19.9 Å². The molecule has 0 radical (unpaired) electrons. The van der Waals surface area contributed by atoms with E-state index >= 15 is 0 Å². The molecule has 1 aromatic carbocycles. The first-order valence-corrected chi connectivity index (χ1v) is 6.82. The fourth-order valence-corrected chi connectivity index (χ4v) is 2.34. The Morgan fingerprint density at radius 1 is 1.29 bits per heavy atom. The highest BCUT2D eigenvalue weighted by Crippen LogP contribution is 2.24. The first-order valence-electron chi connectivity index (χ1n) is 6.82. The normalized spacial score (nSPS) is 18.8. The van der Waals surface area contributed by atoms with Gasteiger partial charge in [-0.1, -0.05) is 12.1 Å². The van der Waals surface area contributed by atoms with E-state index in [2.05, 4.69) is 5.32 Å². The molecule has 21 heavy (non-hydrogen) atoms. The second-order valence-electron chi connectivity index (χ2n) is 5.31. The van der Waals surface area contributed by atoms with Crippen LogP contribution in [0.2, 0.25) is 0 Å². The van der Waals surface area contributed by atoms with E-state index in [1.54, 1.807) is 0 Å². The molecule has 1 fully saturated rings. The van der Waals surface area contributed by atoms with Crippen LogP contribution in [0.25, 0.3) is 0 Å². The lowest BCUT2D eigenvalue weighted by Crippen LogP contribution is -2.52. The third-order valence-corrected chi connectivity index (χ3v) is 3.81. The Balaban J connectivity index is 2.19. The zero-order chi connectivity index (χ0) is 15.5. The molecule has 1 aromatic rings. The van der Waals surface area contributed by atoms with Crippen molar-refractivity contribution in [2.24, 2.45) is 5.92 Å². The number of carboxylic acids is 1. The molecule has 1 aliphatic rings. The molecule has 0 bridgehead atoms. The van der Waals surface area contributed by atoms with E-state index in [4.69, 9.17) is 4.74 Å². The van der Waals surface area contributed by atoms with E-state index < -0.39 is 17.3 Å². The zero-order valence-electron chi connectivity index (χ0n) is 11.8. The van der Waals surface area contributed by atoms with Crippen LogP contribution in [0.4, 0.5) is 4.39 Å². The Kier molecular flexibility index (Phi) is 4.57. The minimum Gasteiger partial charge on any atom is -0.479 e. The molecule has 0 aromatic heterocycles. The second-order valence-corrected chi connectivity index (χ2v) is 5.31. The number of aliphatic carboxylic acids is 1. The number of hydrogen-bond acceptors (Lipinski definition) is 3. The number of amides is 1. The van der Waals surface area contributed by atoms with Gasteiger partial charge in [0, 0.05) is 19.1 Å². The molecule has 114 valence electrons. The highest BCUT2D eigenvalue weighted by atomic mass is 19.1. The summed E-state index contributed by atoms with van der Waals surface area (Å²) in [5, 5.41) is 12.1. The van der Waals surface area contributed by atoms with E-state index in [-0.39, 0.29) is 11.8 Å². The van der Waals surface area contributed by atoms with Crippen molar-refractivity contribution in [1.82, 2.24) is 5.32 Å². The molecule has 1 atom stereocenters. The lowest BCUT2D eigenvalue weighted by atomic mass is 9.90. The molecule has 1 unspecified atom stereocenters. The van der Waals surface area contributed by atoms with Crippen molar-refractivity contribution < 1.29 is 23.8 Å². The van der Waals surface area contributed by atoms with Crippen molar-refractivity contribution in [3.8, 4) is 0 Å². The van der Waals surface area contributed by atoms with Crippen molar-refractivity contribution in [3.63, 3.8) is 0 Å². The lowest BCUT2D eigenvalue weighted by Gasteiger charge is -2.30. The maximum atomic E-state index is 13.0. The summed E-state index contributed by atoms with van der Waals surface area (Å²) in [5.41, 5.74) is -1.25. The topological polar surface area (TPSA) is 75.6 Å². The summed E-state index contributed by atoms with van der Waals surface area (Å²) in [5.74, 6) is -2.21. The van der Waals surface area contributed by atoms with Crippen molar-refractivity contribution in [3.05, 3.63) is 35.6 Å². The van der Waals surface area contributed by atoms with Gasteiger partial charge in [-0.25, -0.2) is 9.18 Å². The maximum Gasteiger partial charge on any atom is 0.333 e. The van der Waals surface area contributed by atoms with Crippen molar-refractivity contribution in [2.45, 2.75) is 25.3 Å². The van der Waals surface area contributed by atoms with Crippen molar-refractivity contribution in [1.29, 1.82) is 0 Å². The van der Waals surface area contributed by atoms with Crippen molar-refractivity contribution >= 4 is 11.9 Å². The number of carbonyl (C=O) groups excluding carboxylic acids is 1. The minimum atomic E-state index is -1.58. The smallest absolute Gasteiger partial charge is 0.333 e. The summed E-state index contributed by atoms with van der Waals surface area (Å²) in [6.07, 6.45) is 1.15. The van der Waals surface area contributed by atoms with Gasteiger partial charge >= 0.3 is 5.97 Å². The van der Waals surface area contributed by atoms with Crippen LogP contribution in [0.5, 0.6) is 0 Å². The number of carbonyl (C=O) groups is 2. The highest BCUT2D eigenvalue weighted by molar-refractivity contribution is 5.88. The summed E-state index contributed by atoms with van der Waals surface area (Å²) >= 11 is 0. The number of nitrogens with one attached hydrogen (secondary N) is 1. The SMILES string of the molecule is CC(NC(=O)C1CCOCC1)(C(=O)O)c1ccc(F)cc1. The molecule has 2 rings (SSSR count). The van der Waals surface area contributed by atoms with Gasteiger partial charge in [0.15, 0.2) is 5.54 Å². The Hall–Kier alpha value is -1.95. The molecule has 1 saturated heterocycles. The first-order chi connectivity index (χ1) is 9.93. The average molecular weight is 295 g/mol. The number of benzene rings is 1. The van der Waals surface area contributed by atoms with Gasteiger partial charge < -0.3 is 15.2 Å². The molecule has 1 heterocycles. The zero-order valence-corrected chi connectivity index (χ0v) is 11.8. The molecule has 0 saturated carbocycles. The summed E-state index contributed by atoms with van der Waals surface area (Å²) in [6, 6.07) is 5.09. The van der Waals surface area contributed by atoms with Gasteiger partial charge in [0.2, 0.25) is 5.91 Å². The van der Waals surface area contributed by atoms with Crippen LogP contribution < -0.4 is 5.32 Å². The highest BCUT2D eigenvalue weighted by Gasteiger charge is 2.38. The van der Waals surface area contributed by atoms with Gasteiger partial charge in [0.25, 0.3) is 0 Å². The Labute approximate surface area is 122 Å². The fourth-order valence-electron chi connectivity index (χ4n) is 2.34. The van der Waals surface area contributed by atoms with Crippen LogP contribution in [0.3, 0.4) is 0 Å². The minimum absolute atomic E-state index is 0.252. The molecular formula is C15H18FNO4. The summed E-state index contributed by atoms with van der Waals surface area (Å²) < 4.78 is 18.2. The summed E-state index contributed by atoms with van der Waals surface area (Å²) in [6.45, 7) is 2.40.